The van der Waals surface area contributed by atoms with Crippen molar-refractivity contribution >= 4 is 39.1 Å². The van der Waals surface area contributed by atoms with Crippen molar-refractivity contribution in [1.29, 1.82) is 0 Å². The first-order valence-electron chi connectivity index (χ1n) is 5.43. The summed E-state index contributed by atoms with van der Waals surface area (Å²) in [6.45, 7) is 2.35. The Morgan fingerprint density at radius 2 is 2.44 bits per heavy atom. The number of fused-ring (bicyclic) bond motifs is 1. The standard InChI is InChI=1S/C12H12BrN3O2/c1-2-18-7-14-16-12(17)11-6-8-9(13)4-3-5-10(8)15-11/h3-7,15H,2H2,1H3,(H,16,17)/b14-7-. The van der Waals surface area contributed by atoms with Gasteiger partial charge in [-0.05, 0) is 25.1 Å². The summed E-state index contributed by atoms with van der Waals surface area (Å²) in [7, 11) is 0. The highest BCUT2D eigenvalue weighted by Crippen LogP contribution is 2.24. The molecule has 0 fully saturated rings. The van der Waals surface area contributed by atoms with Crippen molar-refractivity contribution < 1.29 is 9.53 Å². The number of nitrogens with zero attached hydrogens (tertiary/aromatic N) is 1. The molecule has 0 atom stereocenters. The van der Waals surface area contributed by atoms with Crippen LogP contribution in [0.15, 0.2) is 33.8 Å². The lowest BCUT2D eigenvalue weighted by Gasteiger charge is -1.95. The zero-order valence-corrected chi connectivity index (χ0v) is 11.3. The Hall–Kier alpha value is -1.82. The Balaban J connectivity index is 2.16. The molecule has 0 bridgehead atoms. The molecule has 1 heterocycles. The lowest BCUT2D eigenvalue weighted by molar-refractivity contribution is 0.0949. The van der Waals surface area contributed by atoms with Crippen LogP contribution in [0.25, 0.3) is 10.9 Å². The molecule has 2 rings (SSSR count). The van der Waals surface area contributed by atoms with Crippen molar-refractivity contribution in [3.05, 3.63) is 34.4 Å². The molecule has 1 aromatic heterocycles. The number of amides is 1. The maximum absolute atomic E-state index is 11.8. The molecule has 0 unspecified atom stereocenters. The number of rotatable bonds is 4. The summed E-state index contributed by atoms with van der Waals surface area (Å²) in [5.74, 6) is -0.311. The predicted octanol–water partition coefficient (Wildman–Crippen LogP) is 2.64. The second-order valence-electron chi connectivity index (χ2n) is 3.51. The third kappa shape index (κ3) is 2.70. The average molecular weight is 310 g/mol. The summed E-state index contributed by atoms with van der Waals surface area (Å²) in [6, 6.07) is 7.49. The van der Waals surface area contributed by atoms with Crippen molar-refractivity contribution in [3.8, 4) is 0 Å². The van der Waals surface area contributed by atoms with Crippen LogP contribution in [0.4, 0.5) is 0 Å². The quantitative estimate of drug-likeness (QED) is 0.518. The van der Waals surface area contributed by atoms with Crippen LogP contribution in [-0.2, 0) is 4.74 Å². The fraction of sp³-hybridized carbons (Fsp3) is 0.167. The predicted molar refractivity (Wildman–Crippen MR) is 73.6 cm³/mol. The Morgan fingerprint density at radius 1 is 1.61 bits per heavy atom. The maximum Gasteiger partial charge on any atom is 0.287 e. The summed E-state index contributed by atoms with van der Waals surface area (Å²) < 4.78 is 5.81. The number of nitrogens with one attached hydrogen (secondary N) is 2. The number of carbonyl (C=O) groups excluding carboxylic acids is 1. The number of halogens is 1. The topological polar surface area (TPSA) is 66.5 Å². The van der Waals surface area contributed by atoms with Gasteiger partial charge in [-0.25, -0.2) is 5.43 Å². The normalized spacial score (nSPS) is 11.0. The Labute approximate surface area is 112 Å². The van der Waals surface area contributed by atoms with Gasteiger partial charge in [0.05, 0.1) is 6.61 Å². The fourth-order valence-electron chi connectivity index (χ4n) is 1.50. The van der Waals surface area contributed by atoms with Gasteiger partial charge in [0.15, 0.2) is 6.40 Å². The van der Waals surface area contributed by atoms with E-state index >= 15 is 0 Å². The van der Waals surface area contributed by atoms with Crippen molar-refractivity contribution in [2.75, 3.05) is 6.61 Å². The van der Waals surface area contributed by atoms with Crippen LogP contribution < -0.4 is 5.43 Å². The SMILES string of the molecule is CCO/C=N\NC(=O)c1cc2c(Br)cccc2[nH]1. The molecule has 0 spiro atoms. The summed E-state index contributed by atoms with van der Waals surface area (Å²) in [5, 5.41) is 4.61. The van der Waals surface area contributed by atoms with Gasteiger partial charge in [0, 0.05) is 15.4 Å². The van der Waals surface area contributed by atoms with Crippen LogP contribution in [0.5, 0.6) is 0 Å². The minimum atomic E-state index is -0.311. The molecule has 0 radical (unpaired) electrons. The van der Waals surface area contributed by atoms with Gasteiger partial charge >= 0.3 is 0 Å². The Bertz CT molecular complexity index is 592. The number of benzene rings is 1. The zero-order chi connectivity index (χ0) is 13.0. The van der Waals surface area contributed by atoms with Crippen LogP contribution in [-0.4, -0.2) is 23.9 Å². The number of hydrogen-bond donors (Lipinski definition) is 2. The first kappa shape index (κ1) is 12.6. The number of hydrogen-bond acceptors (Lipinski definition) is 3. The van der Waals surface area contributed by atoms with Crippen LogP contribution in [0.1, 0.15) is 17.4 Å². The van der Waals surface area contributed by atoms with Gasteiger partial charge in [-0.1, -0.05) is 22.0 Å². The molecular weight excluding hydrogens is 298 g/mol. The highest BCUT2D eigenvalue weighted by molar-refractivity contribution is 9.10. The van der Waals surface area contributed by atoms with Crippen LogP contribution in [0.3, 0.4) is 0 Å². The molecule has 0 saturated carbocycles. The molecule has 0 aliphatic heterocycles. The van der Waals surface area contributed by atoms with E-state index in [1.807, 2.05) is 25.1 Å². The fourth-order valence-corrected chi connectivity index (χ4v) is 1.98. The van der Waals surface area contributed by atoms with E-state index < -0.39 is 0 Å². The van der Waals surface area contributed by atoms with E-state index in [4.69, 9.17) is 4.74 Å². The zero-order valence-electron chi connectivity index (χ0n) is 9.74. The molecule has 18 heavy (non-hydrogen) atoms. The third-order valence-corrected chi connectivity index (χ3v) is 3.01. The Morgan fingerprint density at radius 3 is 3.17 bits per heavy atom. The summed E-state index contributed by atoms with van der Waals surface area (Å²) in [6.07, 6.45) is 1.20. The van der Waals surface area contributed by atoms with Gasteiger partial charge in [0.2, 0.25) is 0 Å². The Kier molecular flexibility index (Phi) is 3.99. The molecular formula is C12H12BrN3O2. The van der Waals surface area contributed by atoms with Gasteiger partial charge in [0.25, 0.3) is 5.91 Å². The molecule has 1 amide bonds. The van der Waals surface area contributed by atoms with Crippen LogP contribution in [0, 0.1) is 0 Å². The van der Waals surface area contributed by atoms with Gasteiger partial charge in [-0.3, -0.25) is 4.79 Å². The first-order chi connectivity index (χ1) is 8.72. The summed E-state index contributed by atoms with van der Waals surface area (Å²) in [4.78, 5) is 14.8. The smallest absolute Gasteiger partial charge is 0.287 e. The van der Waals surface area contributed by atoms with Crippen LogP contribution >= 0.6 is 15.9 Å². The number of ether oxygens (including phenoxy) is 1. The second-order valence-corrected chi connectivity index (χ2v) is 4.37. The second kappa shape index (κ2) is 5.68. The average Bonchev–Trinajstić information content (AvgIpc) is 2.80. The molecule has 0 saturated heterocycles. The van der Waals surface area contributed by atoms with Gasteiger partial charge in [-0.15, -0.1) is 5.10 Å². The monoisotopic (exact) mass is 309 g/mol. The van der Waals surface area contributed by atoms with E-state index in [-0.39, 0.29) is 5.91 Å². The van der Waals surface area contributed by atoms with Crippen molar-refractivity contribution in [2.24, 2.45) is 5.10 Å². The van der Waals surface area contributed by atoms with Crippen molar-refractivity contribution in [3.63, 3.8) is 0 Å². The lowest BCUT2D eigenvalue weighted by Crippen LogP contribution is -2.18. The third-order valence-electron chi connectivity index (χ3n) is 2.32. The molecule has 0 aliphatic rings. The minimum absolute atomic E-state index is 0.311. The van der Waals surface area contributed by atoms with E-state index in [1.54, 1.807) is 6.07 Å². The van der Waals surface area contributed by atoms with Crippen molar-refractivity contribution in [2.45, 2.75) is 6.92 Å². The molecule has 0 aliphatic carbocycles. The lowest BCUT2D eigenvalue weighted by atomic mass is 10.2. The van der Waals surface area contributed by atoms with E-state index in [0.717, 1.165) is 15.4 Å². The number of hydrazone groups is 1. The van der Waals surface area contributed by atoms with Gasteiger partial charge in [-0.2, -0.15) is 0 Å². The maximum atomic E-state index is 11.8. The first-order valence-corrected chi connectivity index (χ1v) is 6.22. The molecule has 6 heteroatoms. The van der Waals surface area contributed by atoms with E-state index in [1.165, 1.54) is 6.40 Å². The van der Waals surface area contributed by atoms with E-state index in [9.17, 15) is 4.79 Å². The van der Waals surface area contributed by atoms with Crippen LogP contribution in [0.2, 0.25) is 0 Å². The summed E-state index contributed by atoms with van der Waals surface area (Å²) >= 11 is 3.43. The van der Waals surface area contributed by atoms with Gasteiger partial charge < -0.3 is 9.72 Å². The molecule has 2 N–H and O–H groups in total. The highest BCUT2D eigenvalue weighted by Gasteiger charge is 2.09. The van der Waals surface area contributed by atoms with E-state index in [0.29, 0.717) is 12.3 Å². The molecule has 5 nitrogen and oxygen atoms in total. The molecule has 2 aromatic rings. The van der Waals surface area contributed by atoms with Crippen molar-refractivity contribution in [1.82, 2.24) is 10.4 Å². The highest BCUT2D eigenvalue weighted by atomic mass is 79.9. The minimum Gasteiger partial charge on any atom is -0.482 e. The number of aromatic amines is 1. The van der Waals surface area contributed by atoms with Gasteiger partial charge in [0.1, 0.15) is 5.69 Å². The largest absolute Gasteiger partial charge is 0.482 e. The number of aromatic nitrogens is 1. The number of H-pyrrole nitrogens is 1. The molecule has 94 valence electrons. The molecule has 1 aromatic carbocycles. The van der Waals surface area contributed by atoms with E-state index in [2.05, 4.69) is 31.4 Å². The number of carbonyl (C=O) groups is 1. The summed E-state index contributed by atoms with van der Waals surface area (Å²) in [5.41, 5.74) is 3.71.